The maximum Gasteiger partial charge on any atom is 0.309 e. The van der Waals surface area contributed by atoms with Crippen LogP contribution in [0.25, 0.3) is 0 Å². The van der Waals surface area contributed by atoms with E-state index in [9.17, 15) is 0 Å². The molecule has 0 unspecified atom stereocenters. The molecular weight excluding hydrogens is 160 g/mol. The molecule has 0 heterocycles. The molecule has 0 aliphatic heterocycles. The summed E-state index contributed by atoms with van der Waals surface area (Å²) in [6.07, 6.45) is 3.76. The summed E-state index contributed by atoms with van der Waals surface area (Å²) in [5, 5.41) is 16.8. The van der Waals surface area contributed by atoms with Gasteiger partial charge in [-0.1, -0.05) is 6.08 Å². The van der Waals surface area contributed by atoms with E-state index in [4.69, 9.17) is 15.0 Å². The van der Waals surface area contributed by atoms with E-state index in [1.807, 2.05) is 0 Å². The van der Waals surface area contributed by atoms with E-state index in [-0.39, 0.29) is 12.4 Å². The van der Waals surface area contributed by atoms with Crippen molar-refractivity contribution in [1.29, 1.82) is 0 Å². The molecule has 70 valence electrons. The summed E-state index contributed by atoms with van der Waals surface area (Å²) in [5.41, 5.74) is 8.50. The summed E-state index contributed by atoms with van der Waals surface area (Å²) in [4.78, 5) is 9.00. The topological polar surface area (TPSA) is 110 Å². The van der Waals surface area contributed by atoms with Crippen LogP contribution in [0.5, 0.6) is 0 Å². The van der Waals surface area contributed by atoms with Crippen molar-refractivity contribution in [2.45, 2.75) is 6.42 Å². The van der Waals surface area contributed by atoms with E-state index < -0.39 is 6.03 Å². The zero-order valence-electron chi connectivity index (χ0n) is 6.73. The maximum atomic E-state index is 9.00. The van der Waals surface area contributed by atoms with Crippen LogP contribution in [0, 0.1) is 0 Å². The molecule has 0 radical (unpaired) electrons. The Hall–Kier alpha value is -1.49. The molecule has 0 aliphatic carbocycles. The van der Waals surface area contributed by atoms with Gasteiger partial charge in [-0.3, -0.25) is 0 Å². The minimum atomic E-state index is -0.833. The number of urea groups is 1. The van der Waals surface area contributed by atoms with Gasteiger partial charge in [-0.15, -0.1) is 6.58 Å². The predicted molar refractivity (Wildman–Crippen MR) is 46.4 cm³/mol. The Morgan fingerprint density at radius 3 is 2.17 bits per heavy atom. The number of hydrogen-bond acceptors (Lipinski definition) is 3. The van der Waals surface area contributed by atoms with Crippen molar-refractivity contribution >= 4 is 6.03 Å². The molecule has 6 N–H and O–H groups in total. The Morgan fingerprint density at radius 2 is 1.92 bits per heavy atom. The first-order valence-corrected chi connectivity index (χ1v) is 3.19. The monoisotopic (exact) mass is 174 g/mol. The van der Waals surface area contributed by atoms with Gasteiger partial charge in [0.15, 0.2) is 0 Å². The minimum absolute atomic E-state index is 0.00454. The molecule has 0 fully saturated rings. The molecule has 5 nitrogen and oxygen atoms in total. The van der Waals surface area contributed by atoms with Gasteiger partial charge in [0, 0.05) is 0 Å². The van der Waals surface area contributed by atoms with E-state index in [1.54, 1.807) is 6.08 Å². The first kappa shape index (κ1) is 13.1. The van der Waals surface area contributed by atoms with Gasteiger partial charge in [-0.25, -0.2) is 4.79 Å². The summed E-state index contributed by atoms with van der Waals surface area (Å²) in [7, 11) is 0. The number of amides is 2. The second-order valence-corrected chi connectivity index (χ2v) is 1.78. The van der Waals surface area contributed by atoms with Crippen LogP contribution in [0.4, 0.5) is 4.79 Å². The average Bonchev–Trinajstić information content (AvgIpc) is 1.99. The van der Waals surface area contributed by atoms with Gasteiger partial charge in [-0.2, -0.15) is 0 Å². The van der Waals surface area contributed by atoms with Crippen molar-refractivity contribution in [3.05, 3.63) is 24.5 Å². The van der Waals surface area contributed by atoms with Crippen molar-refractivity contribution in [2.75, 3.05) is 6.61 Å². The maximum absolute atomic E-state index is 9.00. The molecule has 0 aromatic heterocycles. The molecule has 0 rings (SSSR count). The molecule has 2 amide bonds. The van der Waals surface area contributed by atoms with Crippen LogP contribution >= 0.6 is 0 Å². The quantitative estimate of drug-likeness (QED) is 0.357. The van der Waals surface area contributed by atoms with Gasteiger partial charge < -0.3 is 21.7 Å². The smallest absolute Gasteiger partial charge is 0.309 e. The SMILES string of the molecule is C=CCC=C(O)CO.NC(N)=O. The summed E-state index contributed by atoms with van der Waals surface area (Å²) in [6, 6.07) is -0.833. The number of nitrogens with two attached hydrogens (primary N) is 2. The van der Waals surface area contributed by atoms with Gasteiger partial charge >= 0.3 is 6.03 Å². The number of rotatable bonds is 3. The summed E-state index contributed by atoms with van der Waals surface area (Å²) < 4.78 is 0. The fourth-order valence-corrected chi connectivity index (χ4v) is 0.284. The molecule has 0 spiro atoms. The number of carbonyl (C=O) groups is 1. The highest BCUT2D eigenvalue weighted by atomic mass is 16.3. The number of aliphatic hydroxyl groups is 2. The van der Waals surface area contributed by atoms with Crippen LogP contribution in [0.15, 0.2) is 24.5 Å². The van der Waals surface area contributed by atoms with Crippen LogP contribution in [0.3, 0.4) is 0 Å². The Kier molecular flexibility index (Phi) is 10.4. The lowest BCUT2D eigenvalue weighted by molar-refractivity contribution is 0.252. The molecular formula is C7H14N2O3. The van der Waals surface area contributed by atoms with Gasteiger partial charge in [0.05, 0.1) is 6.61 Å². The average molecular weight is 174 g/mol. The molecule has 0 saturated heterocycles. The fourth-order valence-electron chi connectivity index (χ4n) is 0.284. The summed E-state index contributed by atoms with van der Waals surface area (Å²) >= 11 is 0. The predicted octanol–water partition coefficient (Wildman–Crippen LogP) is 0.0205. The lowest BCUT2D eigenvalue weighted by atomic mass is 10.3. The largest absolute Gasteiger partial charge is 0.510 e. The van der Waals surface area contributed by atoms with E-state index in [0.29, 0.717) is 6.42 Å². The van der Waals surface area contributed by atoms with Crippen molar-refractivity contribution in [3.63, 3.8) is 0 Å². The zero-order chi connectivity index (χ0) is 9.98. The molecule has 0 aromatic carbocycles. The fraction of sp³-hybridized carbons (Fsp3) is 0.286. The molecule has 0 aromatic rings. The van der Waals surface area contributed by atoms with Gasteiger partial charge in [0.1, 0.15) is 5.76 Å². The highest BCUT2D eigenvalue weighted by Gasteiger charge is 1.82. The van der Waals surface area contributed by atoms with Crippen LogP contribution in [0.2, 0.25) is 0 Å². The Morgan fingerprint density at radius 1 is 1.50 bits per heavy atom. The molecule has 12 heavy (non-hydrogen) atoms. The van der Waals surface area contributed by atoms with Crippen molar-refractivity contribution in [1.82, 2.24) is 0 Å². The van der Waals surface area contributed by atoms with Gasteiger partial charge in [-0.05, 0) is 12.5 Å². The zero-order valence-corrected chi connectivity index (χ0v) is 6.73. The third kappa shape index (κ3) is 23.6. The minimum Gasteiger partial charge on any atom is -0.510 e. The molecule has 0 bridgehead atoms. The first-order valence-electron chi connectivity index (χ1n) is 3.19. The Labute approximate surface area is 71.0 Å². The van der Waals surface area contributed by atoms with Crippen molar-refractivity contribution in [2.24, 2.45) is 11.5 Å². The second-order valence-electron chi connectivity index (χ2n) is 1.78. The van der Waals surface area contributed by atoms with Crippen LogP contribution in [0.1, 0.15) is 6.42 Å². The van der Waals surface area contributed by atoms with E-state index in [0.717, 1.165) is 0 Å². The van der Waals surface area contributed by atoms with Crippen LogP contribution in [-0.4, -0.2) is 22.9 Å². The standard InChI is InChI=1S/C6H10O2.CH4N2O/c1-2-3-4-6(8)5-7;2-1(3)4/h2,4,7-8H,1,3,5H2;(H4,2,3,4). The van der Waals surface area contributed by atoms with E-state index >= 15 is 0 Å². The lowest BCUT2D eigenvalue weighted by Crippen LogP contribution is -2.18. The molecule has 0 atom stereocenters. The molecule has 0 aliphatic rings. The number of carbonyl (C=O) groups excluding carboxylic acids is 1. The van der Waals surface area contributed by atoms with E-state index in [1.165, 1.54) is 6.08 Å². The normalized spacial score (nSPS) is 9.58. The number of hydrogen-bond donors (Lipinski definition) is 4. The molecule has 0 saturated carbocycles. The first-order chi connectivity index (χ1) is 5.54. The highest BCUT2D eigenvalue weighted by molar-refractivity contribution is 5.69. The highest BCUT2D eigenvalue weighted by Crippen LogP contribution is 1.89. The number of aliphatic hydroxyl groups excluding tert-OH is 2. The van der Waals surface area contributed by atoms with Crippen molar-refractivity contribution < 1.29 is 15.0 Å². The van der Waals surface area contributed by atoms with Crippen LogP contribution in [-0.2, 0) is 0 Å². The van der Waals surface area contributed by atoms with Gasteiger partial charge in [0.2, 0.25) is 0 Å². The Balaban J connectivity index is 0. The van der Waals surface area contributed by atoms with Gasteiger partial charge in [0.25, 0.3) is 0 Å². The Bertz CT molecular complexity index is 162. The summed E-state index contributed by atoms with van der Waals surface area (Å²) in [6.45, 7) is 3.15. The lowest BCUT2D eigenvalue weighted by Gasteiger charge is -1.88. The molecule has 5 heteroatoms. The van der Waals surface area contributed by atoms with E-state index in [2.05, 4.69) is 18.0 Å². The number of primary amides is 2. The summed E-state index contributed by atoms with van der Waals surface area (Å²) in [5.74, 6) is 0.00454. The van der Waals surface area contributed by atoms with Crippen molar-refractivity contribution in [3.8, 4) is 0 Å². The van der Waals surface area contributed by atoms with Crippen LogP contribution < -0.4 is 11.5 Å². The second kappa shape index (κ2) is 9.51. The number of allylic oxidation sites excluding steroid dienone is 2. The third-order valence-electron chi connectivity index (χ3n) is 0.682. The third-order valence-corrected chi connectivity index (χ3v) is 0.682.